The van der Waals surface area contributed by atoms with Crippen molar-refractivity contribution in [2.24, 2.45) is 11.5 Å². The number of aliphatic carboxylic acids is 2. The Hall–Kier alpha value is -3.26. The van der Waals surface area contributed by atoms with Crippen LogP contribution in [0.25, 0.3) is 0 Å². The molecule has 0 aliphatic rings. The molecule has 0 fully saturated rings. The fourth-order valence-corrected chi connectivity index (χ4v) is 1.81. The van der Waals surface area contributed by atoms with Gasteiger partial charge in [-0.2, -0.15) is 0 Å². The first kappa shape index (κ1) is 24.7. The SMILES string of the molecule is NC(=O)CCC(N)C(=O)NC(CC(=O)O)C(=O)NCC(=O)NC(CO)C(=O)O. The summed E-state index contributed by atoms with van der Waals surface area (Å²) in [5.74, 6) is -6.53. The third kappa shape index (κ3) is 10.0. The number of hydrogen-bond acceptors (Lipinski definition) is 8. The summed E-state index contributed by atoms with van der Waals surface area (Å²) in [5.41, 5.74) is 10.5. The summed E-state index contributed by atoms with van der Waals surface area (Å²) in [6.45, 7) is -1.61. The highest BCUT2D eigenvalue weighted by atomic mass is 16.4. The van der Waals surface area contributed by atoms with Crippen molar-refractivity contribution in [1.29, 1.82) is 0 Å². The Kier molecular flexibility index (Phi) is 10.8. The molecule has 0 radical (unpaired) electrons. The lowest BCUT2D eigenvalue weighted by atomic mass is 10.1. The summed E-state index contributed by atoms with van der Waals surface area (Å²) in [6.07, 6.45) is -1.14. The van der Waals surface area contributed by atoms with Gasteiger partial charge >= 0.3 is 11.9 Å². The minimum atomic E-state index is -1.58. The Labute approximate surface area is 158 Å². The van der Waals surface area contributed by atoms with Gasteiger partial charge in [0.1, 0.15) is 12.1 Å². The normalized spacial score (nSPS) is 13.5. The van der Waals surface area contributed by atoms with Crippen LogP contribution >= 0.6 is 0 Å². The molecule has 0 spiro atoms. The van der Waals surface area contributed by atoms with Gasteiger partial charge in [-0.1, -0.05) is 0 Å². The van der Waals surface area contributed by atoms with Gasteiger partial charge in [-0.3, -0.25) is 24.0 Å². The molecule has 14 heteroatoms. The summed E-state index contributed by atoms with van der Waals surface area (Å²) >= 11 is 0. The molecular formula is C14H23N5O9. The van der Waals surface area contributed by atoms with Gasteiger partial charge in [0, 0.05) is 6.42 Å². The Morgan fingerprint density at radius 1 is 0.929 bits per heavy atom. The van der Waals surface area contributed by atoms with E-state index in [-0.39, 0.29) is 12.8 Å². The van der Waals surface area contributed by atoms with Gasteiger partial charge in [0.15, 0.2) is 0 Å². The van der Waals surface area contributed by atoms with Crippen LogP contribution in [0.2, 0.25) is 0 Å². The fourth-order valence-electron chi connectivity index (χ4n) is 1.81. The number of carbonyl (C=O) groups excluding carboxylic acids is 4. The van der Waals surface area contributed by atoms with Crippen LogP contribution in [0, 0.1) is 0 Å². The average Bonchev–Trinajstić information content (AvgIpc) is 2.60. The van der Waals surface area contributed by atoms with Crippen molar-refractivity contribution in [2.45, 2.75) is 37.4 Å². The molecule has 3 unspecified atom stereocenters. The van der Waals surface area contributed by atoms with Crippen LogP contribution in [0.1, 0.15) is 19.3 Å². The summed E-state index contributed by atoms with van der Waals surface area (Å²) in [4.78, 5) is 67.8. The van der Waals surface area contributed by atoms with E-state index in [1.165, 1.54) is 0 Å². The van der Waals surface area contributed by atoms with E-state index in [9.17, 15) is 28.8 Å². The first-order valence-corrected chi connectivity index (χ1v) is 7.94. The van der Waals surface area contributed by atoms with Gasteiger partial charge in [0.25, 0.3) is 0 Å². The number of aliphatic hydroxyl groups is 1. The maximum absolute atomic E-state index is 12.0. The molecule has 3 atom stereocenters. The molecule has 0 aliphatic carbocycles. The smallest absolute Gasteiger partial charge is 0.328 e. The van der Waals surface area contributed by atoms with Crippen molar-refractivity contribution in [2.75, 3.05) is 13.2 Å². The zero-order chi connectivity index (χ0) is 21.9. The van der Waals surface area contributed by atoms with E-state index in [1.807, 2.05) is 10.6 Å². The third-order valence-electron chi connectivity index (χ3n) is 3.29. The van der Waals surface area contributed by atoms with Gasteiger partial charge in [-0.25, -0.2) is 4.79 Å². The number of carbonyl (C=O) groups is 6. The highest BCUT2D eigenvalue weighted by Gasteiger charge is 2.27. The van der Waals surface area contributed by atoms with E-state index in [0.717, 1.165) is 0 Å². The highest BCUT2D eigenvalue weighted by molar-refractivity contribution is 5.94. The molecule has 158 valence electrons. The number of nitrogens with one attached hydrogen (secondary N) is 3. The number of carboxylic acid groups (broad SMARTS) is 2. The van der Waals surface area contributed by atoms with Crippen LogP contribution in [0.4, 0.5) is 0 Å². The summed E-state index contributed by atoms with van der Waals surface area (Å²) < 4.78 is 0. The minimum Gasteiger partial charge on any atom is -0.481 e. The molecular weight excluding hydrogens is 382 g/mol. The first-order chi connectivity index (χ1) is 13.0. The number of nitrogens with two attached hydrogens (primary N) is 2. The summed E-state index contributed by atoms with van der Waals surface area (Å²) in [7, 11) is 0. The van der Waals surface area contributed by atoms with Crippen LogP contribution < -0.4 is 27.4 Å². The van der Waals surface area contributed by atoms with Crippen LogP contribution in [0.5, 0.6) is 0 Å². The van der Waals surface area contributed by atoms with Crippen molar-refractivity contribution in [1.82, 2.24) is 16.0 Å². The number of aliphatic hydroxyl groups excluding tert-OH is 1. The van der Waals surface area contributed by atoms with Crippen molar-refractivity contribution in [3.8, 4) is 0 Å². The monoisotopic (exact) mass is 405 g/mol. The van der Waals surface area contributed by atoms with Gasteiger partial charge in [-0.05, 0) is 6.42 Å². The second-order valence-corrected chi connectivity index (χ2v) is 5.63. The Morgan fingerprint density at radius 3 is 2.00 bits per heavy atom. The van der Waals surface area contributed by atoms with Gasteiger partial charge in [-0.15, -0.1) is 0 Å². The van der Waals surface area contributed by atoms with Crippen molar-refractivity contribution in [3.05, 3.63) is 0 Å². The Balaban J connectivity index is 4.78. The van der Waals surface area contributed by atoms with Crippen LogP contribution in [-0.2, 0) is 28.8 Å². The molecule has 0 rings (SSSR count). The molecule has 0 saturated carbocycles. The maximum atomic E-state index is 12.0. The molecule has 0 saturated heterocycles. The zero-order valence-electron chi connectivity index (χ0n) is 14.7. The quantitative estimate of drug-likeness (QED) is 0.145. The van der Waals surface area contributed by atoms with Crippen molar-refractivity contribution < 1.29 is 44.1 Å². The lowest BCUT2D eigenvalue weighted by Crippen LogP contribution is -2.54. The summed E-state index contributed by atoms with van der Waals surface area (Å²) in [5, 5.41) is 32.4. The number of amides is 4. The third-order valence-corrected chi connectivity index (χ3v) is 3.29. The van der Waals surface area contributed by atoms with E-state index in [2.05, 4.69) is 5.32 Å². The van der Waals surface area contributed by atoms with Crippen molar-refractivity contribution in [3.63, 3.8) is 0 Å². The predicted octanol–water partition coefficient (Wildman–Crippen LogP) is -4.78. The van der Waals surface area contributed by atoms with E-state index in [0.29, 0.717) is 0 Å². The number of rotatable bonds is 13. The molecule has 0 aliphatic heterocycles. The molecule has 10 N–H and O–H groups in total. The maximum Gasteiger partial charge on any atom is 0.328 e. The van der Waals surface area contributed by atoms with Gasteiger partial charge < -0.3 is 42.7 Å². The first-order valence-electron chi connectivity index (χ1n) is 7.94. The van der Waals surface area contributed by atoms with Gasteiger partial charge in [0.05, 0.1) is 25.6 Å². The molecule has 4 amide bonds. The highest BCUT2D eigenvalue weighted by Crippen LogP contribution is 1.98. The lowest BCUT2D eigenvalue weighted by Gasteiger charge is -2.19. The zero-order valence-corrected chi connectivity index (χ0v) is 14.7. The molecule has 0 bridgehead atoms. The Bertz CT molecular complexity index is 624. The Morgan fingerprint density at radius 2 is 1.54 bits per heavy atom. The van der Waals surface area contributed by atoms with E-state index < -0.39 is 73.3 Å². The van der Waals surface area contributed by atoms with Crippen LogP contribution in [0.15, 0.2) is 0 Å². The molecule has 14 nitrogen and oxygen atoms in total. The largest absolute Gasteiger partial charge is 0.481 e. The minimum absolute atomic E-state index is 0.122. The number of hydrogen-bond donors (Lipinski definition) is 8. The predicted molar refractivity (Wildman–Crippen MR) is 90.2 cm³/mol. The molecule has 0 heterocycles. The fraction of sp³-hybridized carbons (Fsp3) is 0.571. The topological polar surface area (TPSA) is 251 Å². The van der Waals surface area contributed by atoms with E-state index in [4.69, 9.17) is 26.8 Å². The van der Waals surface area contributed by atoms with Crippen LogP contribution in [-0.4, -0.2) is 82.2 Å². The van der Waals surface area contributed by atoms with Gasteiger partial charge in [0.2, 0.25) is 23.6 Å². The average molecular weight is 405 g/mol. The van der Waals surface area contributed by atoms with Crippen molar-refractivity contribution >= 4 is 35.6 Å². The van der Waals surface area contributed by atoms with E-state index >= 15 is 0 Å². The lowest BCUT2D eigenvalue weighted by molar-refractivity contribution is -0.143. The number of primary amides is 1. The molecule has 0 aromatic carbocycles. The van der Waals surface area contributed by atoms with Crippen LogP contribution in [0.3, 0.4) is 0 Å². The summed E-state index contributed by atoms with van der Waals surface area (Å²) in [6, 6.07) is -4.38. The van der Waals surface area contributed by atoms with E-state index in [1.54, 1.807) is 0 Å². The molecule has 0 aromatic rings. The molecule has 0 aromatic heterocycles. The second-order valence-electron chi connectivity index (χ2n) is 5.63. The standard InChI is InChI=1S/C14H23N5O9/c15-6(1-2-9(16)21)12(25)19-7(3-11(23)24)13(26)17-4-10(22)18-8(5-20)14(27)28/h6-8,20H,1-5,15H2,(H2,16,21)(H,17,26)(H,18,22)(H,19,25)(H,23,24)(H,27,28). The second kappa shape index (κ2) is 12.2. The molecule has 28 heavy (non-hydrogen) atoms. The number of carboxylic acids is 2.